The largest absolute Gasteiger partial charge is 0.399 e. The molecule has 98 valence electrons. The molecule has 0 radical (unpaired) electrons. The van der Waals surface area contributed by atoms with Gasteiger partial charge in [-0.15, -0.1) is 0 Å². The monoisotopic (exact) mass is 402 g/mol. The zero-order chi connectivity index (χ0) is 14.0. The van der Waals surface area contributed by atoms with Crippen molar-refractivity contribution in [2.45, 2.75) is 0 Å². The summed E-state index contributed by atoms with van der Waals surface area (Å²) in [6, 6.07) is 10.3. The van der Waals surface area contributed by atoms with Crippen LogP contribution in [0.15, 0.2) is 45.3 Å². The van der Waals surface area contributed by atoms with Crippen molar-refractivity contribution in [1.29, 1.82) is 0 Å². The maximum Gasteiger partial charge on any atom is 0.255 e. The van der Waals surface area contributed by atoms with E-state index in [-0.39, 0.29) is 5.91 Å². The second-order valence-corrected chi connectivity index (χ2v) is 6.09. The first-order valence-electron chi connectivity index (χ1n) is 5.28. The molecule has 0 spiro atoms. The summed E-state index contributed by atoms with van der Waals surface area (Å²) in [5, 5.41) is 3.22. The van der Waals surface area contributed by atoms with Crippen LogP contribution >= 0.6 is 43.5 Å². The van der Waals surface area contributed by atoms with E-state index in [0.717, 1.165) is 8.95 Å². The third kappa shape index (κ3) is 3.72. The molecule has 0 aliphatic rings. The quantitative estimate of drug-likeness (QED) is 0.713. The number of nitrogen functional groups attached to an aromatic ring is 1. The Labute approximate surface area is 132 Å². The van der Waals surface area contributed by atoms with Crippen molar-refractivity contribution in [3.05, 3.63) is 55.9 Å². The van der Waals surface area contributed by atoms with Gasteiger partial charge < -0.3 is 11.1 Å². The van der Waals surface area contributed by atoms with Gasteiger partial charge in [-0.3, -0.25) is 4.79 Å². The fourth-order valence-corrected chi connectivity index (χ4v) is 2.57. The van der Waals surface area contributed by atoms with Crippen LogP contribution in [0.25, 0.3) is 0 Å². The molecule has 3 nitrogen and oxygen atoms in total. The Hall–Kier alpha value is -1.04. The minimum Gasteiger partial charge on any atom is -0.399 e. The fourth-order valence-electron chi connectivity index (χ4n) is 1.53. The van der Waals surface area contributed by atoms with E-state index in [9.17, 15) is 4.79 Å². The van der Waals surface area contributed by atoms with Gasteiger partial charge in [0.25, 0.3) is 5.91 Å². The zero-order valence-electron chi connectivity index (χ0n) is 9.58. The molecule has 0 bridgehead atoms. The first-order chi connectivity index (χ1) is 8.95. The molecule has 1 amide bonds. The summed E-state index contributed by atoms with van der Waals surface area (Å²) in [5.41, 5.74) is 7.22. The highest BCUT2D eigenvalue weighted by atomic mass is 79.9. The van der Waals surface area contributed by atoms with Gasteiger partial charge in [0, 0.05) is 20.2 Å². The normalized spacial score (nSPS) is 10.3. The fraction of sp³-hybridized carbons (Fsp3) is 0. The van der Waals surface area contributed by atoms with Crippen molar-refractivity contribution in [2.24, 2.45) is 0 Å². The number of carbonyl (C=O) groups excluding carboxylic acids is 1. The molecule has 0 saturated heterocycles. The van der Waals surface area contributed by atoms with E-state index in [1.165, 1.54) is 0 Å². The molecular formula is C13H9Br2ClN2O. The summed E-state index contributed by atoms with van der Waals surface area (Å²) in [4.78, 5) is 12.1. The van der Waals surface area contributed by atoms with E-state index < -0.39 is 0 Å². The van der Waals surface area contributed by atoms with Gasteiger partial charge in [0.05, 0.1) is 10.7 Å². The second kappa shape index (κ2) is 5.94. The van der Waals surface area contributed by atoms with Crippen LogP contribution in [0.3, 0.4) is 0 Å². The predicted octanol–water partition coefficient (Wildman–Crippen LogP) is 4.70. The number of hydrogen-bond donors (Lipinski definition) is 2. The first-order valence-corrected chi connectivity index (χ1v) is 7.24. The van der Waals surface area contributed by atoms with Crippen molar-refractivity contribution in [1.82, 2.24) is 0 Å². The lowest BCUT2D eigenvalue weighted by Crippen LogP contribution is -2.12. The maximum absolute atomic E-state index is 12.1. The van der Waals surface area contributed by atoms with Gasteiger partial charge in [0.15, 0.2) is 0 Å². The highest BCUT2D eigenvalue weighted by molar-refractivity contribution is 9.10. The summed E-state index contributed by atoms with van der Waals surface area (Å²) in [6.45, 7) is 0. The number of nitrogens with one attached hydrogen (secondary N) is 1. The van der Waals surface area contributed by atoms with Crippen molar-refractivity contribution in [3.8, 4) is 0 Å². The van der Waals surface area contributed by atoms with Crippen LogP contribution in [-0.4, -0.2) is 5.91 Å². The van der Waals surface area contributed by atoms with Crippen LogP contribution in [0.1, 0.15) is 10.4 Å². The average molecular weight is 404 g/mol. The lowest BCUT2D eigenvalue weighted by molar-refractivity contribution is 0.102. The van der Waals surface area contributed by atoms with Crippen LogP contribution in [-0.2, 0) is 0 Å². The predicted molar refractivity (Wildman–Crippen MR) is 85.7 cm³/mol. The van der Waals surface area contributed by atoms with Gasteiger partial charge in [-0.1, -0.05) is 43.5 Å². The molecule has 2 rings (SSSR count). The SMILES string of the molecule is Nc1cc(Br)cc(C(=O)Nc2cc(Br)ccc2Cl)c1. The van der Waals surface area contributed by atoms with Gasteiger partial charge >= 0.3 is 0 Å². The third-order valence-corrected chi connectivity index (χ3v) is 3.64. The molecule has 0 fully saturated rings. The average Bonchev–Trinajstić information content (AvgIpc) is 2.32. The third-order valence-electron chi connectivity index (χ3n) is 2.36. The lowest BCUT2D eigenvalue weighted by atomic mass is 10.2. The highest BCUT2D eigenvalue weighted by Gasteiger charge is 2.10. The zero-order valence-corrected chi connectivity index (χ0v) is 13.5. The summed E-state index contributed by atoms with van der Waals surface area (Å²) in [6.07, 6.45) is 0. The smallest absolute Gasteiger partial charge is 0.255 e. The maximum atomic E-state index is 12.1. The van der Waals surface area contributed by atoms with E-state index in [1.807, 2.05) is 0 Å². The van der Waals surface area contributed by atoms with Crippen molar-refractivity contribution in [3.63, 3.8) is 0 Å². The Bertz CT molecular complexity index is 626. The van der Waals surface area contributed by atoms with E-state index in [0.29, 0.717) is 22.0 Å². The Morgan fingerprint density at radius 2 is 1.84 bits per heavy atom. The Balaban J connectivity index is 2.28. The number of amides is 1. The molecular weight excluding hydrogens is 395 g/mol. The summed E-state index contributed by atoms with van der Waals surface area (Å²) in [7, 11) is 0. The summed E-state index contributed by atoms with van der Waals surface area (Å²) in [5.74, 6) is -0.270. The number of anilines is 2. The number of halogens is 3. The molecule has 6 heteroatoms. The summed E-state index contributed by atoms with van der Waals surface area (Å²) >= 11 is 12.6. The second-order valence-electron chi connectivity index (χ2n) is 3.85. The van der Waals surface area contributed by atoms with Gasteiger partial charge in [-0.2, -0.15) is 0 Å². The van der Waals surface area contributed by atoms with Crippen molar-refractivity contribution < 1.29 is 4.79 Å². The summed E-state index contributed by atoms with van der Waals surface area (Å²) < 4.78 is 1.58. The lowest BCUT2D eigenvalue weighted by Gasteiger charge is -2.08. The molecule has 3 N–H and O–H groups in total. The standard InChI is InChI=1S/C13H9Br2ClN2O/c14-8-1-2-11(16)12(6-8)18-13(19)7-3-9(15)5-10(17)4-7/h1-6H,17H2,(H,18,19). The van der Waals surface area contributed by atoms with E-state index in [1.54, 1.807) is 36.4 Å². The minimum atomic E-state index is -0.270. The Kier molecular flexibility index (Phi) is 4.50. The van der Waals surface area contributed by atoms with Crippen LogP contribution in [0.5, 0.6) is 0 Å². The van der Waals surface area contributed by atoms with Crippen molar-refractivity contribution >= 4 is 60.7 Å². The number of carbonyl (C=O) groups is 1. The minimum absolute atomic E-state index is 0.270. The van der Waals surface area contributed by atoms with Crippen LogP contribution in [0.4, 0.5) is 11.4 Å². The Morgan fingerprint density at radius 3 is 2.53 bits per heavy atom. The van der Waals surface area contributed by atoms with Gasteiger partial charge in [0.2, 0.25) is 0 Å². The first kappa shape index (κ1) is 14.4. The van der Waals surface area contributed by atoms with Gasteiger partial charge in [-0.05, 0) is 36.4 Å². The molecule has 0 heterocycles. The molecule has 0 aliphatic heterocycles. The van der Waals surface area contributed by atoms with E-state index in [4.69, 9.17) is 17.3 Å². The molecule has 2 aromatic rings. The van der Waals surface area contributed by atoms with Crippen molar-refractivity contribution in [2.75, 3.05) is 11.1 Å². The van der Waals surface area contributed by atoms with E-state index >= 15 is 0 Å². The number of rotatable bonds is 2. The molecule has 0 atom stereocenters. The number of nitrogens with two attached hydrogens (primary N) is 1. The van der Waals surface area contributed by atoms with Crippen LogP contribution in [0.2, 0.25) is 5.02 Å². The molecule has 0 saturated carbocycles. The number of benzene rings is 2. The number of hydrogen-bond acceptors (Lipinski definition) is 2. The molecule has 0 aliphatic carbocycles. The van der Waals surface area contributed by atoms with Gasteiger partial charge in [0.1, 0.15) is 0 Å². The van der Waals surface area contributed by atoms with Gasteiger partial charge in [-0.25, -0.2) is 0 Å². The molecule has 0 unspecified atom stereocenters. The molecule has 19 heavy (non-hydrogen) atoms. The van der Waals surface area contributed by atoms with E-state index in [2.05, 4.69) is 37.2 Å². The van der Waals surface area contributed by atoms with Crippen LogP contribution < -0.4 is 11.1 Å². The molecule has 2 aromatic carbocycles. The molecule has 0 aromatic heterocycles. The van der Waals surface area contributed by atoms with Crippen LogP contribution in [0, 0.1) is 0 Å². The Morgan fingerprint density at radius 1 is 1.11 bits per heavy atom. The topological polar surface area (TPSA) is 55.1 Å². The highest BCUT2D eigenvalue weighted by Crippen LogP contribution is 2.26.